The number of amides is 1. The lowest BCUT2D eigenvalue weighted by atomic mass is 9.89. The maximum absolute atomic E-state index is 12.2. The normalized spacial score (nSPS) is 15.0. The Morgan fingerprint density at radius 2 is 1.71 bits per heavy atom. The Balaban J connectivity index is 0.00000136. The molecule has 0 radical (unpaired) electrons. The molecule has 0 aliphatic carbocycles. The molecule has 1 aliphatic rings. The van der Waals surface area contributed by atoms with Gasteiger partial charge in [-0.3, -0.25) is 4.79 Å². The molecule has 2 aromatic carbocycles. The quantitative estimate of drug-likeness (QED) is 0.576. The van der Waals surface area contributed by atoms with E-state index in [1.54, 1.807) is 7.05 Å². The molecule has 2 aromatic rings. The first-order valence-corrected chi connectivity index (χ1v) is 10.8. The Morgan fingerprint density at radius 1 is 1.07 bits per heavy atom. The van der Waals surface area contributed by atoms with Gasteiger partial charge >= 0.3 is 0 Å². The van der Waals surface area contributed by atoms with E-state index < -0.39 is 0 Å². The van der Waals surface area contributed by atoms with Gasteiger partial charge in [-0.1, -0.05) is 44.0 Å². The first kappa shape index (κ1) is 22.2. The third kappa shape index (κ3) is 5.26. The van der Waals surface area contributed by atoms with Crippen LogP contribution in [0.4, 0.5) is 5.69 Å². The Hall–Kier alpha value is -2.07. The zero-order chi connectivity index (χ0) is 20.5. The summed E-state index contributed by atoms with van der Waals surface area (Å²) >= 11 is 3.79. The number of halogens is 1. The first-order valence-electron chi connectivity index (χ1n) is 9.97. The van der Waals surface area contributed by atoms with E-state index in [1.807, 2.05) is 24.3 Å². The second-order valence-electron chi connectivity index (χ2n) is 7.00. The number of carbonyl (C=O) groups is 1. The average molecular weight is 443 g/mol. The van der Waals surface area contributed by atoms with E-state index in [9.17, 15) is 4.79 Å². The monoisotopic (exact) mass is 442 g/mol. The van der Waals surface area contributed by atoms with Gasteiger partial charge in [-0.15, -0.1) is 13.2 Å². The Labute approximate surface area is 178 Å². The summed E-state index contributed by atoms with van der Waals surface area (Å²) in [4.78, 5) is 14.7. The van der Waals surface area contributed by atoms with E-state index in [-0.39, 0.29) is 11.8 Å². The second kappa shape index (κ2) is 11.1. The molecule has 1 atom stereocenters. The molecule has 1 unspecified atom stereocenters. The molecule has 1 N–H and O–H groups in total. The molecule has 1 amide bonds. The molecule has 0 bridgehead atoms. The standard InChI is InChI=1S/C22H27BrN2O.C2H4/c1-16(18-9-5-6-10-19(18)22(26)24-2)17-11-12-21(20(23)15-17)25-13-7-3-4-8-14-25;1-2/h5-6,9-12,15-16H,3-4,7-8,13-14H2,1-2H3,(H,24,26);1-2H2. The minimum Gasteiger partial charge on any atom is -0.371 e. The molecule has 4 heteroatoms. The number of nitrogens with zero attached hydrogens (tertiary/aromatic N) is 1. The van der Waals surface area contributed by atoms with Crippen molar-refractivity contribution in [1.82, 2.24) is 5.32 Å². The predicted molar refractivity (Wildman–Crippen MR) is 123 cm³/mol. The van der Waals surface area contributed by atoms with Crippen molar-refractivity contribution in [3.05, 3.63) is 76.8 Å². The van der Waals surface area contributed by atoms with Crippen LogP contribution in [0, 0.1) is 0 Å². The minimum atomic E-state index is -0.0345. The number of benzene rings is 2. The van der Waals surface area contributed by atoms with Gasteiger partial charge in [-0.2, -0.15) is 0 Å². The van der Waals surface area contributed by atoms with Crippen LogP contribution in [0.3, 0.4) is 0 Å². The minimum absolute atomic E-state index is 0.0345. The Morgan fingerprint density at radius 3 is 2.32 bits per heavy atom. The number of carbonyl (C=O) groups excluding carboxylic acids is 1. The van der Waals surface area contributed by atoms with E-state index >= 15 is 0 Å². The third-order valence-corrected chi connectivity index (χ3v) is 5.95. The van der Waals surface area contributed by atoms with Crippen LogP contribution in [0.25, 0.3) is 0 Å². The summed E-state index contributed by atoms with van der Waals surface area (Å²) in [5.41, 5.74) is 4.30. The summed E-state index contributed by atoms with van der Waals surface area (Å²) in [6.45, 7) is 10.4. The smallest absolute Gasteiger partial charge is 0.251 e. The van der Waals surface area contributed by atoms with Crippen molar-refractivity contribution >= 4 is 27.5 Å². The van der Waals surface area contributed by atoms with Crippen molar-refractivity contribution in [1.29, 1.82) is 0 Å². The number of nitrogens with one attached hydrogen (secondary N) is 1. The van der Waals surface area contributed by atoms with Crippen LogP contribution in [-0.4, -0.2) is 26.0 Å². The SMILES string of the molecule is C=C.CNC(=O)c1ccccc1C(C)c1ccc(N2CCCCCC2)c(Br)c1. The van der Waals surface area contributed by atoms with Crippen molar-refractivity contribution in [2.24, 2.45) is 0 Å². The molecule has 1 heterocycles. The number of anilines is 1. The van der Waals surface area contributed by atoms with Crippen LogP contribution in [0.5, 0.6) is 0 Å². The summed E-state index contributed by atoms with van der Waals surface area (Å²) in [6.07, 6.45) is 5.20. The molecule has 28 heavy (non-hydrogen) atoms. The first-order chi connectivity index (χ1) is 13.6. The highest BCUT2D eigenvalue weighted by atomic mass is 79.9. The van der Waals surface area contributed by atoms with Gasteiger partial charge in [-0.05, 0) is 58.1 Å². The maximum Gasteiger partial charge on any atom is 0.251 e. The lowest BCUT2D eigenvalue weighted by molar-refractivity contribution is 0.0962. The molecule has 0 aromatic heterocycles. The Kier molecular flexibility index (Phi) is 8.78. The van der Waals surface area contributed by atoms with Crippen LogP contribution in [0.2, 0.25) is 0 Å². The van der Waals surface area contributed by atoms with Crippen LogP contribution in [0.1, 0.15) is 60.0 Å². The van der Waals surface area contributed by atoms with Crippen LogP contribution in [0.15, 0.2) is 60.1 Å². The van der Waals surface area contributed by atoms with Crippen molar-refractivity contribution in [2.45, 2.75) is 38.5 Å². The van der Waals surface area contributed by atoms with Crippen molar-refractivity contribution in [3.63, 3.8) is 0 Å². The molecule has 3 rings (SSSR count). The fourth-order valence-electron chi connectivity index (χ4n) is 3.76. The van der Waals surface area contributed by atoms with Gasteiger partial charge in [0.15, 0.2) is 0 Å². The highest BCUT2D eigenvalue weighted by Gasteiger charge is 2.18. The maximum atomic E-state index is 12.2. The van der Waals surface area contributed by atoms with Crippen LogP contribution < -0.4 is 10.2 Å². The van der Waals surface area contributed by atoms with Gasteiger partial charge < -0.3 is 10.2 Å². The molecule has 0 saturated carbocycles. The van der Waals surface area contributed by atoms with E-state index in [0.717, 1.165) is 28.7 Å². The summed E-state index contributed by atoms with van der Waals surface area (Å²) < 4.78 is 1.14. The molecule has 0 spiro atoms. The van der Waals surface area contributed by atoms with Crippen LogP contribution >= 0.6 is 15.9 Å². The average Bonchev–Trinajstić information content (AvgIpc) is 3.03. The highest BCUT2D eigenvalue weighted by molar-refractivity contribution is 9.10. The summed E-state index contributed by atoms with van der Waals surface area (Å²) in [6, 6.07) is 14.5. The molecular formula is C24H31BrN2O. The fourth-order valence-corrected chi connectivity index (χ4v) is 4.40. The van der Waals surface area contributed by atoms with E-state index in [1.165, 1.54) is 36.9 Å². The third-order valence-electron chi connectivity index (χ3n) is 5.32. The number of rotatable bonds is 4. The number of hydrogen-bond donors (Lipinski definition) is 1. The zero-order valence-electron chi connectivity index (χ0n) is 17.0. The summed E-state index contributed by atoms with van der Waals surface area (Å²) in [5, 5.41) is 2.74. The predicted octanol–water partition coefficient (Wildman–Crippen LogP) is 6.14. The zero-order valence-corrected chi connectivity index (χ0v) is 18.6. The van der Waals surface area contributed by atoms with Gasteiger partial charge in [-0.25, -0.2) is 0 Å². The van der Waals surface area contributed by atoms with Gasteiger partial charge in [0, 0.05) is 36.1 Å². The highest BCUT2D eigenvalue weighted by Crippen LogP contribution is 2.34. The lowest BCUT2D eigenvalue weighted by Crippen LogP contribution is -2.24. The van der Waals surface area contributed by atoms with Gasteiger partial charge in [0.2, 0.25) is 0 Å². The van der Waals surface area contributed by atoms with Crippen LogP contribution in [-0.2, 0) is 0 Å². The summed E-state index contributed by atoms with van der Waals surface area (Å²) in [5.74, 6) is 0.116. The fraction of sp³-hybridized carbons (Fsp3) is 0.375. The lowest BCUT2D eigenvalue weighted by Gasteiger charge is -2.25. The summed E-state index contributed by atoms with van der Waals surface area (Å²) in [7, 11) is 1.68. The van der Waals surface area contributed by atoms with Crippen molar-refractivity contribution in [2.75, 3.05) is 25.0 Å². The Bertz CT molecular complexity index is 782. The van der Waals surface area contributed by atoms with Crippen molar-refractivity contribution in [3.8, 4) is 0 Å². The van der Waals surface area contributed by atoms with Gasteiger partial charge in [0.1, 0.15) is 0 Å². The molecule has 1 aliphatic heterocycles. The molecule has 150 valence electrons. The largest absolute Gasteiger partial charge is 0.371 e. The van der Waals surface area contributed by atoms with Crippen molar-refractivity contribution < 1.29 is 4.79 Å². The van der Waals surface area contributed by atoms with E-state index in [2.05, 4.69) is 64.4 Å². The van der Waals surface area contributed by atoms with E-state index in [4.69, 9.17) is 0 Å². The number of hydrogen-bond acceptors (Lipinski definition) is 2. The van der Waals surface area contributed by atoms with E-state index in [0.29, 0.717) is 0 Å². The molecular weight excluding hydrogens is 412 g/mol. The second-order valence-corrected chi connectivity index (χ2v) is 7.85. The molecule has 1 saturated heterocycles. The van der Waals surface area contributed by atoms with Gasteiger partial charge in [0.05, 0.1) is 5.69 Å². The molecule has 3 nitrogen and oxygen atoms in total. The topological polar surface area (TPSA) is 32.3 Å². The molecule has 1 fully saturated rings. The van der Waals surface area contributed by atoms with Gasteiger partial charge in [0.25, 0.3) is 5.91 Å².